The Kier molecular flexibility index (Phi) is 8.04. The van der Waals surface area contributed by atoms with Crippen molar-refractivity contribution in [2.24, 2.45) is 11.8 Å². The van der Waals surface area contributed by atoms with E-state index < -0.39 is 12.1 Å². The number of carboxylic acids is 1. The molecule has 3 fully saturated rings. The third-order valence-electron chi connectivity index (χ3n) is 6.56. The van der Waals surface area contributed by atoms with E-state index in [0.29, 0.717) is 18.3 Å². The molecule has 5 atom stereocenters. The summed E-state index contributed by atoms with van der Waals surface area (Å²) >= 11 is 0. The van der Waals surface area contributed by atoms with Crippen LogP contribution in [0.3, 0.4) is 0 Å². The molecule has 1 aromatic carbocycles. The summed E-state index contributed by atoms with van der Waals surface area (Å²) in [6, 6.07) is 7.96. The Labute approximate surface area is 184 Å². The first kappa shape index (κ1) is 23.2. The minimum Gasteiger partial charge on any atom is -0.497 e. The summed E-state index contributed by atoms with van der Waals surface area (Å²) in [5.74, 6) is 1.31. The van der Waals surface area contributed by atoms with Crippen LogP contribution in [0.5, 0.6) is 5.75 Å². The molecule has 5 rings (SSSR count). The van der Waals surface area contributed by atoms with Gasteiger partial charge in [0.1, 0.15) is 5.75 Å². The van der Waals surface area contributed by atoms with Gasteiger partial charge in [-0.2, -0.15) is 0 Å². The van der Waals surface area contributed by atoms with Gasteiger partial charge in [0.25, 0.3) is 0 Å². The van der Waals surface area contributed by atoms with Crippen LogP contribution in [-0.4, -0.2) is 52.3 Å². The number of ether oxygens (including phenoxy) is 1. The van der Waals surface area contributed by atoms with Crippen LogP contribution in [0.1, 0.15) is 50.7 Å². The highest BCUT2D eigenvalue weighted by atomic mass is 16.5. The molecule has 4 heterocycles. The van der Waals surface area contributed by atoms with Crippen LogP contribution in [0.25, 0.3) is 10.9 Å². The van der Waals surface area contributed by atoms with Gasteiger partial charge in [0.2, 0.25) is 0 Å². The number of rotatable bonds is 7. The second-order valence-corrected chi connectivity index (χ2v) is 8.47. The van der Waals surface area contributed by atoms with Gasteiger partial charge in [0, 0.05) is 30.6 Å². The predicted molar refractivity (Wildman–Crippen MR) is 122 cm³/mol. The summed E-state index contributed by atoms with van der Waals surface area (Å²) in [6.07, 6.45) is 7.70. The van der Waals surface area contributed by atoms with Gasteiger partial charge in [0.15, 0.2) is 0 Å². The van der Waals surface area contributed by atoms with Crippen LogP contribution >= 0.6 is 0 Å². The van der Waals surface area contributed by atoms with E-state index in [-0.39, 0.29) is 6.04 Å². The fraction of sp³-hybridized carbons (Fsp3) is 0.520. The maximum atomic E-state index is 11.2. The number of pyridine rings is 1. The number of aliphatic hydroxyl groups excluding tert-OH is 1. The Morgan fingerprint density at radius 3 is 2.81 bits per heavy atom. The molecule has 2 bridgehead atoms. The summed E-state index contributed by atoms with van der Waals surface area (Å²) in [5.41, 5.74) is 1.85. The van der Waals surface area contributed by atoms with Gasteiger partial charge in [-0.15, -0.1) is 6.58 Å². The van der Waals surface area contributed by atoms with Crippen molar-refractivity contribution in [3.63, 3.8) is 0 Å². The van der Waals surface area contributed by atoms with Crippen LogP contribution in [0.15, 0.2) is 43.1 Å². The fourth-order valence-electron chi connectivity index (χ4n) is 4.77. The summed E-state index contributed by atoms with van der Waals surface area (Å²) in [4.78, 5) is 16.6. The molecule has 1 unspecified atom stereocenters. The number of piperidine rings is 3. The number of aromatic nitrogens is 1. The first-order valence-corrected chi connectivity index (χ1v) is 11.2. The van der Waals surface area contributed by atoms with Crippen molar-refractivity contribution in [1.82, 2.24) is 9.88 Å². The monoisotopic (exact) mass is 426 g/mol. The van der Waals surface area contributed by atoms with Gasteiger partial charge < -0.3 is 14.9 Å². The van der Waals surface area contributed by atoms with Crippen molar-refractivity contribution in [2.75, 3.05) is 20.2 Å². The van der Waals surface area contributed by atoms with Gasteiger partial charge >= 0.3 is 5.97 Å². The fourth-order valence-corrected chi connectivity index (χ4v) is 4.77. The van der Waals surface area contributed by atoms with Crippen molar-refractivity contribution >= 4 is 16.9 Å². The first-order valence-electron chi connectivity index (χ1n) is 11.2. The van der Waals surface area contributed by atoms with Gasteiger partial charge in [-0.05, 0) is 67.5 Å². The summed E-state index contributed by atoms with van der Waals surface area (Å²) < 4.78 is 5.35. The Morgan fingerprint density at radius 1 is 1.42 bits per heavy atom. The molecule has 0 amide bonds. The van der Waals surface area contributed by atoms with Crippen LogP contribution < -0.4 is 4.74 Å². The smallest absolute Gasteiger partial charge is 0.303 e. The zero-order valence-electron chi connectivity index (χ0n) is 18.5. The third-order valence-corrected chi connectivity index (χ3v) is 6.56. The standard InChI is InChI=1S/C20H24N2O2.C5H10O2/c1-3-13-12-22-9-7-14(13)10-19(22)20(23)16-6-8-21-18-5-4-15(24-2)11-17(16)18;1-2-3-4-5(6)7/h3-6,8,11,13-14,19-20,23H,1,7,9-10,12H2,2H3;2-4H2,1H3,(H,6,7)/t13-,14-,19-,20+;/m0./s1. The number of unbranched alkanes of at least 4 members (excludes halogenated alkanes) is 1. The number of nitrogens with zero attached hydrogens (tertiary/aromatic N) is 2. The molecule has 0 radical (unpaired) electrons. The lowest BCUT2D eigenvalue weighted by Crippen LogP contribution is -2.54. The van der Waals surface area contributed by atoms with E-state index in [4.69, 9.17) is 9.84 Å². The number of carbonyl (C=O) groups is 1. The average molecular weight is 427 g/mol. The lowest BCUT2D eigenvalue weighted by molar-refractivity contribution is -0.137. The van der Waals surface area contributed by atoms with Crippen molar-refractivity contribution in [3.8, 4) is 5.75 Å². The van der Waals surface area contributed by atoms with E-state index in [1.54, 1.807) is 13.3 Å². The number of fused-ring (bicyclic) bond motifs is 4. The molecule has 3 aliphatic heterocycles. The molecular formula is C25H34N2O4. The molecule has 0 saturated carbocycles. The predicted octanol–water partition coefficient (Wildman–Crippen LogP) is 4.43. The zero-order valence-corrected chi connectivity index (χ0v) is 18.5. The van der Waals surface area contributed by atoms with E-state index in [1.807, 2.05) is 31.2 Å². The largest absolute Gasteiger partial charge is 0.497 e. The van der Waals surface area contributed by atoms with Crippen molar-refractivity contribution in [1.29, 1.82) is 0 Å². The van der Waals surface area contributed by atoms with Crippen LogP contribution in [0, 0.1) is 11.8 Å². The first-order chi connectivity index (χ1) is 15.0. The Hall–Kier alpha value is -2.44. The normalized spacial score (nSPS) is 25.4. The topological polar surface area (TPSA) is 82.9 Å². The van der Waals surface area contributed by atoms with E-state index >= 15 is 0 Å². The zero-order chi connectivity index (χ0) is 22.4. The van der Waals surface area contributed by atoms with Gasteiger partial charge in [0.05, 0.1) is 18.7 Å². The van der Waals surface area contributed by atoms with Crippen LogP contribution in [0.4, 0.5) is 0 Å². The lowest BCUT2D eigenvalue weighted by atomic mass is 9.73. The Balaban J connectivity index is 0.000000339. The molecular weight excluding hydrogens is 392 g/mol. The molecule has 6 heteroatoms. The SMILES string of the molecule is C=C[C@H]1CN2CC[C@H]1C[C@H]2[C@H](O)c1ccnc2ccc(OC)cc12.CCCCC(=O)O. The van der Waals surface area contributed by atoms with E-state index in [1.165, 1.54) is 6.42 Å². The Bertz CT molecular complexity index is 900. The van der Waals surface area contributed by atoms with Crippen molar-refractivity contribution in [3.05, 3.63) is 48.7 Å². The number of aliphatic carboxylic acids is 1. The minimum absolute atomic E-state index is 0.178. The molecule has 1 aromatic heterocycles. The second-order valence-electron chi connectivity index (χ2n) is 8.47. The van der Waals surface area contributed by atoms with Crippen molar-refractivity contribution < 1.29 is 19.7 Å². The maximum Gasteiger partial charge on any atom is 0.303 e. The number of carboxylic acid groups (broad SMARTS) is 1. The van der Waals surface area contributed by atoms with Gasteiger partial charge in [-0.25, -0.2) is 0 Å². The highest BCUT2D eigenvalue weighted by molar-refractivity contribution is 5.84. The van der Waals surface area contributed by atoms with Crippen LogP contribution in [-0.2, 0) is 4.79 Å². The third kappa shape index (κ3) is 5.43. The quantitative estimate of drug-likeness (QED) is 0.637. The Morgan fingerprint density at radius 2 is 2.23 bits per heavy atom. The molecule has 6 nitrogen and oxygen atoms in total. The number of aliphatic hydroxyl groups is 1. The second kappa shape index (κ2) is 10.7. The molecule has 2 N–H and O–H groups in total. The molecule has 3 saturated heterocycles. The van der Waals surface area contributed by atoms with E-state index in [0.717, 1.165) is 54.6 Å². The number of hydrogen-bond donors (Lipinski definition) is 2. The summed E-state index contributed by atoms with van der Waals surface area (Å²) in [7, 11) is 1.66. The van der Waals surface area contributed by atoms with E-state index in [2.05, 4.69) is 22.5 Å². The maximum absolute atomic E-state index is 11.2. The van der Waals surface area contributed by atoms with Gasteiger partial charge in [-0.1, -0.05) is 19.4 Å². The average Bonchev–Trinajstić information content (AvgIpc) is 2.82. The summed E-state index contributed by atoms with van der Waals surface area (Å²) in [6.45, 7) is 8.04. The number of benzene rings is 1. The lowest BCUT2D eigenvalue weighted by Gasteiger charge is -2.50. The highest BCUT2D eigenvalue weighted by Gasteiger charge is 2.42. The molecule has 0 aliphatic carbocycles. The number of methoxy groups -OCH3 is 1. The number of hydrogen-bond acceptors (Lipinski definition) is 5. The molecule has 31 heavy (non-hydrogen) atoms. The van der Waals surface area contributed by atoms with E-state index in [9.17, 15) is 9.90 Å². The van der Waals surface area contributed by atoms with Gasteiger partial charge in [-0.3, -0.25) is 14.7 Å². The molecule has 0 spiro atoms. The molecule has 168 valence electrons. The van der Waals surface area contributed by atoms with Crippen LogP contribution in [0.2, 0.25) is 0 Å². The molecule has 3 aliphatic rings. The van der Waals surface area contributed by atoms with Crippen molar-refractivity contribution in [2.45, 2.75) is 51.2 Å². The minimum atomic E-state index is -0.693. The summed E-state index contributed by atoms with van der Waals surface area (Å²) in [5, 5.41) is 20.2. The highest BCUT2D eigenvalue weighted by Crippen LogP contribution is 2.42. The molecule has 2 aromatic rings.